The summed E-state index contributed by atoms with van der Waals surface area (Å²) in [6, 6.07) is 5.19. The van der Waals surface area contributed by atoms with Gasteiger partial charge in [0, 0.05) is 16.9 Å². The smallest absolute Gasteiger partial charge is 0.125 e. The number of hydrogen-bond acceptors (Lipinski definition) is 2. The summed E-state index contributed by atoms with van der Waals surface area (Å²) in [5, 5.41) is 3.72. The molecule has 1 aromatic carbocycles. The summed E-state index contributed by atoms with van der Waals surface area (Å²) < 4.78 is 7.09. The first-order chi connectivity index (χ1) is 10.2. The fraction of sp³-hybridized carbons (Fsp3) is 0.667. The molecule has 1 heterocycles. The fourth-order valence-electron chi connectivity index (χ4n) is 3.93. The predicted octanol–water partition coefficient (Wildman–Crippen LogP) is 4.34. The topological polar surface area (TPSA) is 21.3 Å². The minimum absolute atomic E-state index is 0.705. The molecular weight excluding hydrogens is 326 g/mol. The van der Waals surface area contributed by atoms with Crippen LogP contribution in [0.5, 0.6) is 5.75 Å². The van der Waals surface area contributed by atoms with Crippen LogP contribution in [-0.4, -0.2) is 19.2 Å². The zero-order chi connectivity index (χ0) is 14.8. The van der Waals surface area contributed by atoms with Gasteiger partial charge >= 0.3 is 0 Å². The van der Waals surface area contributed by atoms with Gasteiger partial charge in [-0.15, -0.1) is 0 Å². The highest BCUT2D eigenvalue weighted by molar-refractivity contribution is 9.10. The van der Waals surface area contributed by atoms with Crippen LogP contribution in [0.4, 0.5) is 0 Å². The van der Waals surface area contributed by atoms with Crippen LogP contribution in [0.1, 0.15) is 44.2 Å². The number of fused-ring (bicyclic) bond motifs is 1. The van der Waals surface area contributed by atoms with Crippen LogP contribution in [0.25, 0.3) is 0 Å². The van der Waals surface area contributed by atoms with Gasteiger partial charge in [-0.05, 0) is 67.3 Å². The highest BCUT2D eigenvalue weighted by atomic mass is 79.9. The van der Waals surface area contributed by atoms with E-state index in [2.05, 4.69) is 47.2 Å². The number of benzene rings is 1. The molecule has 1 aliphatic heterocycles. The predicted molar refractivity (Wildman–Crippen MR) is 91.0 cm³/mol. The molecule has 1 aromatic rings. The first-order valence-electron chi connectivity index (χ1n) is 8.36. The Bertz CT molecular complexity index is 502. The molecule has 2 aliphatic rings. The normalized spacial score (nSPS) is 27.7. The molecule has 2 nitrogen and oxygen atoms in total. The van der Waals surface area contributed by atoms with Gasteiger partial charge in [0.2, 0.25) is 0 Å². The number of hydrogen-bond donors (Lipinski definition) is 1. The van der Waals surface area contributed by atoms with Crippen LogP contribution in [0.3, 0.4) is 0 Å². The van der Waals surface area contributed by atoms with Crippen molar-refractivity contribution in [1.29, 1.82) is 0 Å². The van der Waals surface area contributed by atoms with Gasteiger partial charge in [-0.1, -0.05) is 29.8 Å². The van der Waals surface area contributed by atoms with Crippen molar-refractivity contribution in [2.24, 2.45) is 11.8 Å². The molecule has 1 saturated carbocycles. The monoisotopic (exact) mass is 351 g/mol. The third-order valence-electron chi connectivity index (χ3n) is 5.19. The van der Waals surface area contributed by atoms with E-state index >= 15 is 0 Å². The molecule has 0 aromatic heterocycles. The molecule has 1 fully saturated rings. The van der Waals surface area contributed by atoms with E-state index in [1.54, 1.807) is 0 Å². The summed E-state index contributed by atoms with van der Waals surface area (Å²) in [5.41, 5.74) is 2.79. The highest BCUT2D eigenvalue weighted by Crippen LogP contribution is 2.39. The molecule has 0 amide bonds. The number of halogens is 1. The third-order valence-corrected chi connectivity index (χ3v) is 5.65. The van der Waals surface area contributed by atoms with Gasteiger partial charge in [-0.2, -0.15) is 0 Å². The Morgan fingerprint density at radius 1 is 1.33 bits per heavy atom. The first-order valence-corrected chi connectivity index (χ1v) is 9.15. The maximum atomic E-state index is 5.89. The largest absolute Gasteiger partial charge is 0.493 e. The van der Waals surface area contributed by atoms with Crippen LogP contribution < -0.4 is 10.1 Å². The molecule has 3 rings (SSSR count). The number of rotatable bonds is 5. The third kappa shape index (κ3) is 3.29. The molecule has 0 bridgehead atoms. The molecule has 1 N–H and O–H groups in total. The molecule has 0 spiro atoms. The SMILES string of the molecule is CCCNC1CCC(Cc2cc(Br)cc3c2OCC3)C1C. The van der Waals surface area contributed by atoms with Crippen molar-refractivity contribution in [1.82, 2.24) is 5.32 Å². The maximum absolute atomic E-state index is 5.89. The van der Waals surface area contributed by atoms with Crippen LogP contribution in [0, 0.1) is 11.8 Å². The Balaban J connectivity index is 1.70. The van der Waals surface area contributed by atoms with E-state index < -0.39 is 0 Å². The molecule has 21 heavy (non-hydrogen) atoms. The summed E-state index contributed by atoms with van der Waals surface area (Å²) in [4.78, 5) is 0. The quantitative estimate of drug-likeness (QED) is 0.851. The van der Waals surface area contributed by atoms with Crippen molar-refractivity contribution in [3.63, 3.8) is 0 Å². The average Bonchev–Trinajstić information content (AvgIpc) is 3.05. The standard InChI is InChI=1S/C18H26BrNO/c1-3-7-20-17-5-4-13(12(17)2)9-15-11-16(19)10-14-6-8-21-18(14)15/h10-13,17,20H,3-9H2,1-2H3. The molecule has 0 saturated heterocycles. The van der Waals surface area contributed by atoms with Gasteiger partial charge in [0.15, 0.2) is 0 Å². The van der Waals surface area contributed by atoms with Crippen molar-refractivity contribution in [2.75, 3.05) is 13.2 Å². The van der Waals surface area contributed by atoms with Gasteiger partial charge in [-0.3, -0.25) is 0 Å². The second kappa shape index (κ2) is 6.70. The van der Waals surface area contributed by atoms with Gasteiger partial charge in [0.1, 0.15) is 5.75 Å². The minimum Gasteiger partial charge on any atom is -0.493 e. The Hall–Kier alpha value is -0.540. The Labute approximate surface area is 136 Å². The Kier molecular flexibility index (Phi) is 4.90. The molecule has 3 heteroatoms. The van der Waals surface area contributed by atoms with Crippen molar-refractivity contribution in [3.05, 3.63) is 27.7 Å². The summed E-state index contributed by atoms with van der Waals surface area (Å²) >= 11 is 3.66. The fourth-order valence-corrected chi connectivity index (χ4v) is 4.49. The summed E-state index contributed by atoms with van der Waals surface area (Å²) in [6.45, 7) is 6.66. The van der Waals surface area contributed by atoms with Crippen molar-refractivity contribution in [2.45, 2.75) is 52.0 Å². The van der Waals surface area contributed by atoms with Crippen molar-refractivity contribution >= 4 is 15.9 Å². The lowest BCUT2D eigenvalue weighted by molar-refractivity contribution is 0.334. The lowest BCUT2D eigenvalue weighted by atomic mass is 9.88. The van der Waals surface area contributed by atoms with E-state index in [-0.39, 0.29) is 0 Å². The number of ether oxygens (including phenoxy) is 1. The van der Waals surface area contributed by atoms with E-state index in [1.807, 2.05) is 0 Å². The maximum Gasteiger partial charge on any atom is 0.125 e. The second-order valence-electron chi connectivity index (χ2n) is 6.61. The van der Waals surface area contributed by atoms with E-state index in [9.17, 15) is 0 Å². The molecular formula is C18H26BrNO. The van der Waals surface area contributed by atoms with Gasteiger partial charge in [0.05, 0.1) is 6.61 Å². The molecule has 3 unspecified atom stereocenters. The van der Waals surface area contributed by atoms with Crippen LogP contribution >= 0.6 is 15.9 Å². The van der Waals surface area contributed by atoms with Crippen molar-refractivity contribution in [3.8, 4) is 5.75 Å². The van der Waals surface area contributed by atoms with Gasteiger partial charge in [0.25, 0.3) is 0 Å². The molecule has 3 atom stereocenters. The van der Waals surface area contributed by atoms with E-state index in [0.29, 0.717) is 6.04 Å². The van der Waals surface area contributed by atoms with Gasteiger partial charge < -0.3 is 10.1 Å². The lowest BCUT2D eigenvalue weighted by Crippen LogP contribution is -2.33. The minimum atomic E-state index is 0.705. The van der Waals surface area contributed by atoms with E-state index in [0.717, 1.165) is 37.8 Å². The molecule has 116 valence electrons. The summed E-state index contributed by atoms with van der Waals surface area (Å²) in [7, 11) is 0. The van der Waals surface area contributed by atoms with Crippen LogP contribution in [-0.2, 0) is 12.8 Å². The first kappa shape index (κ1) is 15.4. The average molecular weight is 352 g/mol. The van der Waals surface area contributed by atoms with Crippen molar-refractivity contribution < 1.29 is 4.74 Å². The molecule has 0 radical (unpaired) electrons. The van der Waals surface area contributed by atoms with Crippen LogP contribution in [0.15, 0.2) is 16.6 Å². The van der Waals surface area contributed by atoms with Crippen LogP contribution in [0.2, 0.25) is 0 Å². The van der Waals surface area contributed by atoms with E-state index in [4.69, 9.17) is 4.74 Å². The second-order valence-corrected chi connectivity index (χ2v) is 7.53. The highest BCUT2D eigenvalue weighted by Gasteiger charge is 2.33. The summed E-state index contributed by atoms with van der Waals surface area (Å²) in [6.07, 6.45) is 6.10. The zero-order valence-electron chi connectivity index (χ0n) is 13.1. The van der Waals surface area contributed by atoms with Gasteiger partial charge in [-0.25, -0.2) is 0 Å². The Morgan fingerprint density at radius 3 is 3.00 bits per heavy atom. The number of nitrogens with one attached hydrogen (secondary N) is 1. The molecule has 1 aliphatic carbocycles. The summed E-state index contributed by atoms with van der Waals surface area (Å²) in [5.74, 6) is 2.71. The Morgan fingerprint density at radius 2 is 2.19 bits per heavy atom. The lowest BCUT2D eigenvalue weighted by Gasteiger charge is -2.22. The van der Waals surface area contributed by atoms with E-state index in [1.165, 1.54) is 40.6 Å². The zero-order valence-corrected chi connectivity index (χ0v) is 14.7.